The minimum atomic E-state index is -2.89. The molecule has 0 aliphatic rings. The Morgan fingerprint density at radius 1 is 1.27 bits per heavy atom. The van der Waals surface area contributed by atoms with Gasteiger partial charge in [-0.15, -0.1) is 0 Å². The molecule has 2 nitrogen and oxygen atoms in total. The van der Waals surface area contributed by atoms with Crippen LogP contribution in [0.25, 0.3) is 0 Å². The van der Waals surface area contributed by atoms with E-state index in [1.807, 2.05) is 27.7 Å². The van der Waals surface area contributed by atoms with E-state index in [1.54, 1.807) is 0 Å². The second-order valence-corrected chi connectivity index (χ2v) is 8.10. The highest BCUT2D eigenvalue weighted by Crippen LogP contribution is 2.24. The Balaban J connectivity index is 3.91. The molecule has 0 radical (unpaired) electrons. The van der Waals surface area contributed by atoms with Gasteiger partial charge in [-0.05, 0) is 27.7 Å². The van der Waals surface area contributed by atoms with E-state index < -0.39 is 7.18 Å². The first-order valence-corrected chi connectivity index (χ1v) is 7.33. The molecule has 0 amide bonds. The quantitative estimate of drug-likeness (QED) is 0.534. The Bertz CT molecular complexity index is 122. The van der Waals surface area contributed by atoms with Crippen molar-refractivity contribution in [2.45, 2.75) is 33.3 Å². The van der Waals surface area contributed by atoms with Gasteiger partial charge in [0.2, 0.25) is 0 Å². The average Bonchev–Trinajstić information content (AvgIpc) is 1.55. The third kappa shape index (κ3) is 7.09. The zero-order valence-electron chi connectivity index (χ0n) is 7.28. The van der Waals surface area contributed by atoms with E-state index in [-0.39, 0.29) is 5.60 Å². The predicted molar refractivity (Wildman–Crippen MR) is 49.9 cm³/mol. The minimum Gasteiger partial charge on any atom is -0.372 e. The smallest absolute Gasteiger partial charge is 0.372 e. The topological polar surface area (TPSA) is 18.5 Å². The monoisotopic (exact) mass is 216 g/mol. The SMILES string of the molecule is CCO[Si](Cl)(Cl)OC(C)(C)C. The Hall–Kier alpha value is 0.717. The summed E-state index contributed by atoms with van der Waals surface area (Å²) >= 11 is 11.6. The lowest BCUT2D eigenvalue weighted by Crippen LogP contribution is -2.38. The van der Waals surface area contributed by atoms with Gasteiger partial charge in [-0.1, -0.05) is 22.2 Å². The Morgan fingerprint density at radius 2 is 1.73 bits per heavy atom. The van der Waals surface area contributed by atoms with Crippen LogP contribution in [-0.4, -0.2) is 19.4 Å². The van der Waals surface area contributed by atoms with Crippen LogP contribution in [0.1, 0.15) is 27.7 Å². The lowest BCUT2D eigenvalue weighted by atomic mass is 10.2. The van der Waals surface area contributed by atoms with Crippen molar-refractivity contribution in [2.24, 2.45) is 0 Å². The third-order valence-corrected chi connectivity index (χ3v) is 3.33. The van der Waals surface area contributed by atoms with Crippen LogP contribution in [0, 0.1) is 0 Å². The van der Waals surface area contributed by atoms with E-state index in [0.717, 1.165) is 0 Å². The Morgan fingerprint density at radius 3 is 2.00 bits per heavy atom. The molecule has 0 rings (SSSR count). The van der Waals surface area contributed by atoms with Gasteiger partial charge in [0, 0.05) is 6.61 Å². The summed E-state index contributed by atoms with van der Waals surface area (Å²) in [7, 11) is -2.89. The molecule has 5 heteroatoms. The van der Waals surface area contributed by atoms with E-state index in [2.05, 4.69) is 0 Å². The molecule has 0 saturated heterocycles. The Labute approximate surface area is 78.4 Å². The van der Waals surface area contributed by atoms with Crippen LogP contribution in [0.5, 0.6) is 0 Å². The molecule has 0 aliphatic heterocycles. The first kappa shape index (κ1) is 11.7. The summed E-state index contributed by atoms with van der Waals surface area (Å²) in [4.78, 5) is 0. The normalized spacial score (nSPS) is 13.6. The van der Waals surface area contributed by atoms with Crippen molar-refractivity contribution in [2.75, 3.05) is 6.61 Å². The van der Waals surface area contributed by atoms with E-state index in [1.165, 1.54) is 0 Å². The molecular formula is C6H14Cl2O2Si. The summed E-state index contributed by atoms with van der Waals surface area (Å²) in [6.45, 7) is 7.98. The molecule has 0 fully saturated rings. The van der Waals surface area contributed by atoms with Crippen molar-refractivity contribution in [3.63, 3.8) is 0 Å². The second kappa shape index (κ2) is 4.10. The summed E-state index contributed by atoms with van der Waals surface area (Å²) in [6, 6.07) is 0. The molecule has 0 bridgehead atoms. The fraction of sp³-hybridized carbons (Fsp3) is 1.00. The number of rotatable bonds is 3. The molecule has 0 heterocycles. The van der Waals surface area contributed by atoms with E-state index in [0.29, 0.717) is 6.61 Å². The van der Waals surface area contributed by atoms with Gasteiger partial charge < -0.3 is 8.85 Å². The van der Waals surface area contributed by atoms with Crippen molar-refractivity contribution in [1.29, 1.82) is 0 Å². The maximum atomic E-state index is 5.78. The largest absolute Gasteiger partial charge is 0.551 e. The van der Waals surface area contributed by atoms with Crippen molar-refractivity contribution in [3.05, 3.63) is 0 Å². The van der Waals surface area contributed by atoms with Gasteiger partial charge in [0.1, 0.15) is 0 Å². The Kier molecular flexibility index (Phi) is 4.36. The predicted octanol–water partition coefficient (Wildman–Crippen LogP) is 2.75. The maximum Gasteiger partial charge on any atom is 0.551 e. The molecule has 0 spiro atoms. The highest BCUT2D eigenvalue weighted by Gasteiger charge is 2.38. The molecule has 0 atom stereocenters. The number of halogens is 2. The lowest BCUT2D eigenvalue weighted by molar-refractivity contribution is 0.0888. The van der Waals surface area contributed by atoms with Crippen LogP contribution in [0.15, 0.2) is 0 Å². The molecular weight excluding hydrogens is 203 g/mol. The van der Waals surface area contributed by atoms with E-state index >= 15 is 0 Å². The van der Waals surface area contributed by atoms with Crippen LogP contribution >= 0.6 is 22.2 Å². The van der Waals surface area contributed by atoms with Gasteiger partial charge >= 0.3 is 7.18 Å². The number of hydrogen-bond acceptors (Lipinski definition) is 2. The summed E-state index contributed by atoms with van der Waals surface area (Å²) < 4.78 is 10.4. The summed E-state index contributed by atoms with van der Waals surface area (Å²) in [5.41, 5.74) is -0.342. The highest BCUT2D eigenvalue weighted by atomic mass is 35.7. The fourth-order valence-corrected chi connectivity index (χ4v) is 3.71. The second-order valence-electron chi connectivity index (χ2n) is 3.11. The number of hydrogen-bond donors (Lipinski definition) is 0. The van der Waals surface area contributed by atoms with Crippen molar-refractivity contribution < 1.29 is 8.85 Å². The van der Waals surface area contributed by atoms with Crippen LogP contribution < -0.4 is 0 Å². The lowest BCUT2D eigenvalue weighted by Gasteiger charge is -2.26. The molecule has 68 valence electrons. The third-order valence-electron chi connectivity index (χ3n) is 0.737. The summed E-state index contributed by atoms with van der Waals surface area (Å²) in [5.74, 6) is 0. The molecule has 0 aromatic heterocycles. The molecule has 11 heavy (non-hydrogen) atoms. The average molecular weight is 217 g/mol. The molecule has 0 aliphatic carbocycles. The zero-order valence-corrected chi connectivity index (χ0v) is 9.79. The van der Waals surface area contributed by atoms with Gasteiger partial charge in [-0.25, -0.2) is 0 Å². The molecule has 0 aromatic carbocycles. The first-order valence-electron chi connectivity index (χ1n) is 3.49. The van der Waals surface area contributed by atoms with E-state index in [4.69, 9.17) is 31.0 Å². The molecule has 0 N–H and O–H groups in total. The van der Waals surface area contributed by atoms with Crippen molar-refractivity contribution in [3.8, 4) is 0 Å². The van der Waals surface area contributed by atoms with Gasteiger partial charge in [0.15, 0.2) is 0 Å². The highest BCUT2D eigenvalue weighted by molar-refractivity contribution is 7.39. The maximum absolute atomic E-state index is 5.78. The summed E-state index contributed by atoms with van der Waals surface area (Å²) in [5, 5.41) is 0. The van der Waals surface area contributed by atoms with Crippen LogP contribution in [0.2, 0.25) is 0 Å². The van der Waals surface area contributed by atoms with Gasteiger partial charge in [0.05, 0.1) is 5.60 Å². The zero-order chi connectivity index (χ0) is 9.12. The van der Waals surface area contributed by atoms with Crippen LogP contribution in [-0.2, 0) is 8.85 Å². The van der Waals surface area contributed by atoms with Gasteiger partial charge in [-0.3, -0.25) is 0 Å². The molecule has 0 saturated carbocycles. The minimum absolute atomic E-state index is 0.342. The van der Waals surface area contributed by atoms with Crippen LogP contribution in [0.3, 0.4) is 0 Å². The van der Waals surface area contributed by atoms with Crippen molar-refractivity contribution in [1.82, 2.24) is 0 Å². The summed E-state index contributed by atoms with van der Waals surface area (Å²) in [6.07, 6.45) is 0. The molecule has 0 aromatic rings. The first-order chi connectivity index (χ1) is 4.77. The van der Waals surface area contributed by atoms with Crippen molar-refractivity contribution >= 4 is 29.3 Å². The van der Waals surface area contributed by atoms with Crippen LogP contribution in [0.4, 0.5) is 0 Å². The van der Waals surface area contributed by atoms with Gasteiger partial charge in [-0.2, -0.15) is 0 Å². The fourth-order valence-electron chi connectivity index (χ4n) is 0.554. The standard InChI is InChI=1S/C6H14Cl2O2Si/c1-5-9-11(7,8)10-6(2,3)4/h5H2,1-4H3. The van der Waals surface area contributed by atoms with E-state index in [9.17, 15) is 0 Å². The molecule has 0 unspecified atom stereocenters. The van der Waals surface area contributed by atoms with Gasteiger partial charge in [0.25, 0.3) is 0 Å².